The number of fused-ring (bicyclic) bond motifs is 3. The number of anilines is 1. The molecule has 12 heteroatoms. The second-order valence-electron chi connectivity index (χ2n) is 7.65. The Morgan fingerprint density at radius 3 is 2.73 bits per heavy atom. The Hall–Kier alpha value is -3.25. The third-order valence-electron chi connectivity index (χ3n) is 5.59. The van der Waals surface area contributed by atoms with E-state index in [2.05, 4.69) is 15.0 Å². The molecular formula is C21H21F4N5O3. The van der Waals surface area contributed by atoms with Crippen molar-refractivity contribution in [1.29, 1.82) is 0 Å². The molecule has 0 spiro atoms. The zero-order chi connectivity index (χ0) is 23.9. The summed E-state index contributed by atoms with van der Waals surface area (Å²) in [6, 6.07) is 0.917. The number of hydrogen-bond acceptors (Lipinski definition) is 6. The summed E-state index contributed by atoms with van der Waals surface area (Å²) in [7, 11) is 1.43. The fourth-order valence-corrected chi connectivity index (χ4v) is 3.83. The van der Waals surface area contributed by atoms with Gasteiger partial charge in [-0.1, -0.05) is 0 Å². The van der Waals surface area contributed by atoms with Gasteiger partial charge < -0.3 is 25.1 Å². The fourth-order valence-electron chi connectivity index (χ4n) is 3.83. The number of carbonyl (C=O) groups excluding carboxylic acids is 1. The van der Waals surface area contributed by atoms with Crippen molar-refractivity contribution in [2.45, 2.75) is 32.4 Å². The van der Waals surface area contributed by atoms with E-state index in [9.17, 15) is 22.4 Å². The molecule has 3 aromatic rings. The minimum atomic E-state index is -4.73. The number of carbonyl (C=O) groups is 1. The number of halogens is 4. The molecule has 1 atom stereocenters. The van der Waals surface area contributed by atoms with Gasteiger partial charge >= 0.3 is 6.18 Å². The van der Waals surface area contributed by atoms with Gasteiger partial charge in [0.25, 0.3) is 5.91 Å². The highest BCUT2D eigenvalue weighted by atomic mass is 19.4. The number of nitrogen functional groups attached to an aromatic ring is 1. The van der Waals surface area contributed by atoms with E-state index in [-0.39, 0.29) is 24.5 Å². The standard InChI is InChI=1S/C21H21F4N5O3/c1-10(17-14(22)5-11(7-27-17)21(23,24)25)30(3-4-32-2)20(31)16-6-15-18(28-16)12-8-33-9-13(12)19(26)29-15/h5-7,10,28H,3-4,8-9H2,1-2H3,(H2,26,29)/t10-/m1/s1. The second-order valence-corrected chi connectivity index (χ2v) is 7.65. The largest absolute Gasteiger partial charge is 0.417 e. The van der Waals surface area contributed by atoms with Gasteiger partial charge in [-0.25, -0.2) is 9.37 Å². The maximum absolute atomic E-state index is 14.6. The summed E-state index contributed by atoms with van der Waals surface area (Å²) in [6.45, 7) is 2.29. The third kappa shape index (κ3) is 4.23. The molecule has 0 fully saturated rings. The molecule has 4 rings (SSSR count). The third-order valence-corrected chi connectivity index (χ3v) is 5.59. The van der Waals surface area contributed by atoms with Gasteiger partial charge in [-0.3, -0.25) is 9.78 Å². The van der Waals surface area contributed by atoms with Crippen molar-refractivity contribution in [2.75, 3.05) is 26.0 Å². The highest BCUT2D eigenvalue weighted by Crippen LogP contribution is 2.33. The minimum Gasteiger partial charge on any atom is -0.383 e. The summed E-state index contributed by atoms with van der Waals surface area (Å²) in [5, 5.41) is 0. The normalized spacial score (nSPS) is 14.5. The number of ether oxygens (including phenoxy) is 2. The minimum absolute atomic E-state index is 0.0464. The SMILES string of the molecule is COCCN(C(=O)c1cc2nc(N)c3c(c2[nH]1)COC3)[C@H](C)c1ncc(C(F)(F)F)cc1F. The fraction of sp³-hybridized carbons (Fsp3) is 0.381. The number of hydrogen-bond donors (Lipinski definition) is 2. The monoisotopic (exact) mass is 467 g/mol. The Morgan fingerprint density at radius 2 is 2.06 bits per heavy atom. The molecule has 0 saturated carbocycles. The maximum Gasteiger partial charge on any atom is 0.417 e. The van der Waals surface area contributed by atoms with Crippen LogP contribution in [-0.4, -0.2) is 46.0 Å². The molecule has 3 aromatic heterocycles. The van der Waals surface area contributed by atoms with Crippen molar-refractivity contribution in [2.24, 2.45) is 0 Å². The van der Waals surface area contributed by atoms with Crippen molar-refractivity contribution in [3.8, 4) is 0 Å². The first-order valence-electron chi connectivity index (χ1n) is 10.0. The molecular weight excluding hydrogens is 446 g/mol. The van der Waals surface area contributed by atoms with E-state index in [1.807, 2.05) is 0 Å². The van der Waals surface area contributed by atoms with Crippen LogP contribution in [0.3, 0.4) is 0 Å². The zero-order valence-corrected chi connectivity index (χ0v) is 17.8. The predicted octanol–water partition coefficient (Wildman–Crippen LogP) is 3.58. The molecule has 0 aromatic carbocycles. The van der Waals surface area contributed by atoms with Gasteiger partial charge in [-0.15, -0.1) is 0 Å². The Labute approximate surface area is 185 Å². The summed E-state index contributed by atoms with van der Waals surface area (Å²) in [4.78, 5) is 25.7. The van der Waals surface area contributed by atoms with Gasteiger partial charge in [-0.2, -0.15) is 13.2 Å². The van der Waals surface area contributed by atoms with Crippen molar-refractivity contribution in [1.82, 2.24) is 19.9 Å². The average Bonchev–Trinajstić information content (AvgIpc) is 3.40. The van der Waals surface area contributed by atoms with Crippen molar-refractivity contribution in [3.63, 3.8) is 0 Å². The molecule has 1 aliphatic rings. The van der Waals surface area contributed by atoms with Crippen LogP contribution in [0.1, 0.15) is 45.8 Å². The lowest BCUT2D eigenvalue weighted by molar-refractivity contribution is -0.138. The van der Waals surface area contributed by atoms with Crippen molar-refractivity contribution < 1.29 is 31.8 Å². The van der Waals surface area contributed by atoms with Crippen molar-refractivity contribution in [3.05, 3.63) is 52.2 Å². The smallest absolute Gasteiger partial charge is 0.383 e. The van der Waals surface area contributed by atoms with E-state index >= 15 is 0 Å². The number of H-pyrrole nitrogens is 1. The molecule has 4 heterocycles. The number of nitrogens with two attached hydrogens (primary N) is 1. The van der Waals surface area contributed by atoms with E-state index in [0.29, 0.717) is 42.3 Å². The Kier molecular flexibility index (Phi) is 5.97. The molecule has 1 amide bonds. The van der Waals surface area contributed by atoms with Crippen LogP contribution in [0, 0.1) is 5.82 Å². The molecule has 0 radical (unpaired) electrons. The molecule has 33 heavy (non-hydrogen) atoms. The lowest BCUT2D eigenvalue weighted by atomic mass is 10.1. The van der Waals surface area contributed by atoms with E-state index in [4.69, 9.17) is 15.2 Å². The molecule has 0 unspecified atom stereocenters. The van der Waals surface area contributed by atoms with Gasteiger partial charge in [-0.05, 0) is 19.1 Å². The number of rotatable bonds is 6. The number of aromatic nitrogens is 3. The predicted molar refractivity (Wildman–Crippen MR) is 110 cm³/mol. The molecule has 8 nitrogen and oxygen atoms in total. The molecule has 0 bridgehead atoms. The Balaban J connectivity index is 1.70. The molecule has 1 aliphatic heterocycles. The van der Waals surface area contributed by atoms with Crippen LogP contribution in [0.15, 0.2) is 18.3 Å². The van der Waals surface area contributed by atoms with E-state index in [1.54, 1.807) is 0 Å². The molecule has 3 N–H and O–H groups in total. The average molecular weight is 467 g/mol. The number of pyridine rings is 2. The van der Waals surface area contributed by atoms with Crippen LogP contribution in [0.5, 0.6) is 0 Å². The Bertz CT molecular complexity index is 1210. The highest BCUT2D eigenvalue weighted by Gasteiger charge is 2.34. The van der Waals surface area contributed by atoms with Gasteiger partial charge in [0.1, 0.15) is 17.3 Å². The number of aromatic amines is 1. The van der Waals surface area contributed by atoms with E-state index in [1.165, 1.54) is 25.0 Å². The van der Waals surface area contributed by atoms with Gasteiger partial charge in [0.05, 0.1) is 48.2 Å². The topological polar surface area (TPSA) is 106 Å². The Morgan fingerprint density at radius 1 is 1.33 bits per heavy atom. The lowest BCUT2D eigenvalue weighted by Gasteiger charge is -2.28. The van der Waals surface area contributed by atoms with E-state index < -0.39 is 29.5 Å². The van der Waals surface area contributed by atoms with Crippen LogP contribution in [0.2, 0.25) is 0 Å². The number of alkyl halides is 3. The number of nitrogens with one attached hydrogen (secondary N) is 1. The van der Waals surface area contributed by atoms with Gasteiger partial charge in [0, 0.05) is 31.0 Å². The van der Waals surface area contributed by atoms with Gasteiger partial charge in [0.15, 0.2) is 0 Å². The summed E-state index contributed by atoms with van der Waals surface area (Å²) in [6.07, 6.45) is -4.18. The number of amides is 1. The highest BCUT2D eigenvalue weighted by molar-refractivity contribution is 5.98. The first-order chi connectivity index (χ1) is 15.6. The van der Waals surface area contributed by atoms with E-state index in [0.717, 1.165) is 11.1 Å². The first kappa shape index (κ1) is 22.9. The summed E-state index contributed by atoms with van der Waals surface area (Å²) >= 11 is 0. The quantitative estimate of drug-likeness (QED) is 0.537. The van der Waals surface area contributed by atoms with Crippen LogP contribution >= 0.6 is 0 Å². The molecule has 0 saturated heterocycles. The van der Waals surface area contributed by atoms with Crippen LogP contribution < -0.4 is 5.73 Å². The number of methoxy groups -OCH3 is 1. The second kappa shape index (κ2) is 8.60. The lowest BCUT2D eigenvalue weighted by Crippen LogP contribution is -2.37. The molecule has 0 aliphatic carbocycles. The first-order valence-corrected chi connectivity index (χ1v) is 10.0. The molecule has 176 valence electrons. The number of nitrogens with zero attached hydrogens (tertiary/aromatic N) is 3. The summed E-state index contributed by atoms with van der Waals surface area (Å²) < 4.78 is 63.7. The van der Waals surface area contributed by atoms with Crippen LogP contribution in [-0.2, 0) is 28.9 Å². The maximum atomic E-state index is 14.6. The van der Waals surface area contributed by atoms with Crippen molar-refractivity contribution >= 4 is 22.8 Å². The van der Waals surface area contributed by atoms with Crippen LogP contribution in [0.25, 0.3) is 11.0 Å². The van der Waals surface area contributed by atoms with Gasteiger partial charge in [0.2, 0.25) is 0 Å². The zero-order valence-electron chi connectivity index (χ0n) is 17.8. The summed E-state index contributed by atoms with van der Waals surface area (Å²) in [5.41, 5.74) is 7.29. The van der Waals surface area contributed by atoms with Crippen LogP contribution in [0.4, 0.5) is 23.4 Å². The summed E-state index contributed by atoms with van der Waals surface area (Å²) in [5.74, 6) is -1.37.